The maximum absolute atomic E-state index is 9.86. The van der Waals surface area contributed by atoms with Crippen molar-refractivity contribution in [2.45, 2.75) is 24.3 Å². The lowest BCUT2D eigenvalue weighted by molar-refractivity contribution is 0.270. The summed E-state index contributed by atoms with van der Waals surface area (Å²) in [4.78, 5) is 16.0. The van der Waals surface area contributed by atoms with Crippen LogP contribution in [0.2, 0.25) is 0 Å². The molecule has 6 rings (SSSR count). The molecule has 1 fully saturated rings. The Morgan fingerprint density at radius 1 is 1.24 bits per heavy atom. The van der Waals surface area contributed by atoms with Gasteiger partial charge < -0.3 is 14.5 Å². The van der Waals surface area contributed by atoms with Gasteiger partial charge in [-0.05, 0) is 47.6 Å². The van der Waals surface area contributed by atoms with Crippen molar-refractivity contribution in [3.63, 3.8) is 0 Å². The van der Waals surface area contributed by atoms with Crippen LogP contribution in [0.5, 0.6) is 0 Å². The average Bonchev–Trinajstić information content (AvgIpc) is 3.67. The maximum Gasteiger partial charge on any atom is 0.186 e. The van der Waals surface area contributed by atoms with Crippen LogP contribution in [0, 0.1) is 28.7 Å². The Bertz CT molecular complexity index is 1410. The largest absolute Gasteiger partial charge is 0.357 e. The van der Waals surface area contributed by atoms with Gasteiger partial charge in [-0.15, -0.1) is 11.8 Å². The minimum Gasteiger partial charge on any atom is -0.357 e. The molecule has 3 aromatic heterocycles. The number of thioether (sulfide) groups is 1. The van der Waals surface area contributed by atoms with E-state index < -0.39 is 0 Å². The van der Waals surface area contributed by atoms with Crippen LogP contribution in [0.1, 0.15) is 18.9 Å². The Kier molecular flexibility index (Phi) is 5.12. The number of fused-ring (bicyclic) bond motifs is 2. The summed E-state index contributed by atoms with van der Waals surface area (Å²) in [6.45, 7) is 1.68. The zero-order chi connectivity index (χ0) is 23.1. The first kappa shape index (κ1) is 20.6. The van der Waals surface area contributed by atoms with E-state index in [9.17, 15) is 10.5 Å². The molecule has 0 saturated carbocycles. The van der Waals surface area contributed by atoms with Crippen molar-refractivity contribution >= 4 is 22.8 Å². The molecule has 3 unspecified atom stereocenters. The second kappa shape index (κ2) is 8.44. The Hall–Kier alpha value is -3.95. The Labute approximate surface area is 201 Å². The molecule has 8 nitrogen and oxygen atoms in total. The molecule has 6 heterocycles. The fourth-order valence-corrected chi connectivity index (χ4v) is 6.19. The summed E-state index contributed by atoms with van der Waals surface area (Å²) in [6, 6.07) is 6.50. The van der Waals surface area contributed by atoms with Crippen LogP contribution >= 0.6 is 11.8 Å². The molecule has 9 heteroatoms. The monoisotopic (exact) mass is 466 g/mol. The van der Waals surface area contributed by atoms with Crippen LogP contribution in [-0.2, 0) is 0 Å². The molecule has 3 aromatic rings. The van der Waals surface area contributed by atoms with Crippen LogP contribution in [0.15, 0.2) is 72.1 Å². The van der Waals surface area contributed by atoms with Gasteiger partial charge in [0.15, 0.2) is 6.19 Å². The molecule has 0 bridgehead atoms. The van der Waals surface area contributed by atoms with Gasteiger partial charge in [-0.2, -0.15) is 10.5 Å². The van der Waals surface area contributed by atoms with Gasteiger partial charge in [-0.1, -0.05) is 6.08 Å². The summed E-state index contributed by atoms with van der Waals surface area (Å²) in [7, 11) is 0. The molecule has 0 radical (unpaired) electrons. The summed E-state index contributed by atoms with van der Waals surface area (Å²) < 4.78 is 2.17. The van der Waals surface area contributed by atoms with Gasteiger partial charge in [0.05, 0.1) is 24.2 Å². The standard InChI is InChI=1S/C25H22N8S/c26-8-3-21(31-10-6-19(14-31)23-20-4-9-28-24(20)30-16-29-23)18-5-11-32(13-18)22-2-1-17-7-12-34-25(17)33(22)15-27/h1-2,4,6-7,9-10,12,14,16,18,21,25H,3,5,11,13H2,(H,28,29,30). The van der Waals surface area contributed by atoms with E-state index in [0.29, 0.717) is 12.3 Å². The number of H-pyrrole nitrogens is 1. The molecule has 168 valence electrons. The zero-order valence-electron chi connectivity index (χ0n) is 18.4. The molecular weight excluding hydrogens is 444 g/mol. The van der Waals surface area contributed by atoms with Gasteiger partial charge >= 0.3 is 0 Å². The van der Waals surface area contributed by atoms with Gasteiger partial charge in [-0.25, -0.2) is 14.9 Å². The quantitative estimate of drug-likeness (QED) is 0.558. The molecule has 1 saturated heterocycles. The third-order valence-corrected chi connectivity index (χ3v) is 7.92. The number of aromatic nitrogens is 4. The van der Waals surface area contributed by atoms with Crippen molar-refractivity contribution in [2.24, 2.45) is 5.92 Å². The summed E-state index contributed by atoms with van der Waals surface area (Å²) in [5.41, 5.74) is 3.87. The molecular formula is C25H22N8S. The summed E-state index contributed by atoms with van der Waals surface area (Å²) in [6.07, 6.45) is 17.6. The van der Waals surface area contributed by atoms with E-state index in [2.05, 4.69) is 78.8 Å². The van der Waals surface area contributed by atoms with Gasteiger partial charge in [0.25, 0.3) is 0 Å². The maximum atomic E-state index is 9.86. The number of hydrogen-bond acceptors (Lipinski definition) is 7. The molecule has 0 aromatic carbocycles. The second-order valence-corrected chi connectivity index (χ2v) is 9.68. The van der Waals surface area contributed by atoms with Crippen molar-refractivity contribution in [2.75, 3.05) is 13.1 Å². The number of rotatable bonds is 5. The summed E-state index contributed by atoms with van der Waals surface area (Å²) in [5, 5.41) is 22.5. The highest BCUT2D eigenvalue weighted by Crippen LogP contribution is 2.40. The second-order valence-electron chi connectivity index (χ2n) is 8.69. The third kappa shape index (κ3) is 3.37. The highest BCUT2D eigenvalue weighted by molar-refractivity contribution is 8.03. The van der Waals surface area contributed by atoms with Crippen molar-refractivity contribution in [1.82, 2.24) is 29.3 Å². The minimum absolute atomic E-state index is 0.0316. The molecule has 3 aliphatic heterocycles. The normalized spacial score (nSPS) is 22.3. The molecule has 34 heavy (non-hydrogen) atoms. The Morgan fingerprint density at radius 2 is 2.18 bits per heavy atom. The average molecular weight is 467 g/mol. The van der Waals surface area contributed by atoms with Gasteiger partial charge in [0.1, 0.15) is 23.2 Å². The topological polar surface area (TPSA) is 101 Å². The lowest BCUT2D eigenvalue weighted by atomic mass is 9.96. The summed E-state index contributed by atoms with van der Waals surface area (Å²) >= 11 is 1.66. The molecule has 0 aliphatic carbocycles. The first-order valence-corrected chi connectivity index (χ1v) is 12.2. The van der Waals surface area contributed by atoms with E-state index in [1.807, 2.05) is 17.2 Å². The highest BCUT2D eigenvalue weighted by atomic mass is 32.2. The Balaban J connectivity index is 1.25. The lowest BCUT2D eigenvalue weighted by Crippen LogP contribution is -2.38. The predicted molar refractivity (Wildman–Crippen MR) is 130 cm³/mol. The van der Waals surface area contributed by atoms with E-state index in [1.165, 1.54) is 0 Å². The number of likely N-dealkylation sites (tertiary alicyclic amines) is 1. The van der Waals surface area contributed by atoms with Crippen LogP contribution in [0.25, 0.3) is 22.3 Å². The zero-order valence-corrected chi connectivity index (χ0v) is 19.2. The van der Waals surface area contributed by atoms with E-state index in [1.54, 1.807) is 18.1 Å². The first-order valence-electron chi connectivity index (χ1n) is 11.3. The van der Waals surface area contributed by atoms with Crippen molar-refractivity contribution < 1.29 is 0 Å². The highest BCUT2D eigenvalue weighted by Gasteiger charge is 2.37. The van der Waals surface area contributed by atoms with Crippen LogP contribution < -0.4 is 0 Å². The van der Waals surface area contributed by atoms with Crippen molar-refractivity contribution in [3.8, 4) is 23.5 Å². The number of hydrogen-bond donors (Lipinski definition) is 1. The van der Waals surface area contributed by atoms with Crippen molar-refractivity contribution in [1.29, 1.82) is 10.5 Å². The van der Waals surface area contributed by atoms with E-state index in [-0.39, 0.29) is 11.4 Å². The van der Waals surface area contributed by atoms with Crippen LogP contribution in [0.3, 0.4) is 0 Å². The fraction of sp³-hybridized carbons (Fsp3) is 0.280. The number of aromatic amines is 1. The van der Waals surface area contributed by atoms with Crippen LogP contribution in [0.4, 0.5) is 0 Å². The minimum atomic E-state index is 0.0316. The molecule has 1 N–H and O–H groups in total. The van der Waals surface area contributed by atoms with Gasteiger partial charge in [0.2, 0.25) is 0 Å². The molecule has 0 spiro atoms. The Morgan fingerprint density at radius 3 is 3.06 bits per heavy atom. The number of nitrogens with one attached hydrogen (secondary N) is 1. The number of nitriles is 2. The van der Waals surface area contributed by atoms with Crippen molar-refractivity contribution in [3.05, 3.63) is 72.1 Å². The van der Waals surface area contributed by atoms with E-state index in [0.717, 1.165) is 53.2 Å². The number of allylic oxidation sites excluding steroid dienone is 2. The van der Waals surface area contributed by atoms with Gasteiger partial charge in [-0.3, -0.25) is 0 Å². The van der Waals surface area contributed by atoms with Crippen LogP contribution in [-0.4, -0.2) is 47.8 Å². The molecule has 3 aliphatic rings. The first-order chi connectivity index (χ1) is 16.8. The summed E-state index contributed by atoms with van der Waals surface area (Å²) in [5.74, 6) is 1.26. The SMILES string of the molecule is N#CCC(C1CCN(C2=CC=C3C=CSC3N2C#N)C1)n1ccc(-c2ncnc3[nH]ccc23)c1. The molecule has 0 amide bonds. The van der Waals surface area contributed by atoms with E-state index >= 15 is 0 Å². The number of nitrogens with zero attached hydrogens (tertiary/aromatic N) is 7. The predicted octanol–water partition coefficient (Wildman–Crippen LogP) is 4.35. The fourth-order valence-electron chi connectivity index (χ4n) is 5.21. The smallest absolute Gasteiger partial charge is 0.186 e. The van der Waals surface area contributed by atoms with Gasteiger partial charge in [0, 0.05) is 42.6 Å². The van der Waals surface area contributed by atoms with E-state index in [4.69, 9.17) is 0 Å². The lowest BCUT2D eigenvalue weighted by Gasteiger charge is -2.34. The third-order valence-electron chi connectivity index (χ3n) is 6.89. The molecule has 3 atom stereocenters.